The van der Waals surface area contributed by atoms with Crippen LogP contribution < -0.4 is 11.1 Å². The van der Waals surface area contributed by atoms with Crippen LogP contribution >= 0.6 is 0 Å². The summed E-state index contributed by atoms with van der Waals surface area (Å²) in [5, 5.41) is 10.9. The fourth-order valence-electron chi connectivity index (χ4n) is 2.66. The SMILES string of the molecule is CC(CC(=O)O)C1CCCN(CCC(=O)NC(N)=O)C1. The number of urea groups is 1. The van der Waals surface area contributed by atoms with E-state index in [0.717, 1.165) is 25.9 Å². The highest BCUT2D eigenvalue weighted by molar-refractivity contribution is 5.93. The summed E-state index contributed by atoms with van der Waals surface area (Å²) in [6.45, 7) is 4.23. The van der Waals surface area contributed by atoms with E-state index in [1.807, 2.05) is 12.2 Å². The van der Waals surface area contributed by atoms with Crippen molar-refractivity contribution >= 4 is 17.9 Å². The third-order valence-corrected chi connectivity index (χ3v) is 3.76. The molecule has 0 radical (unpaired) electrons. The number of rotatable bonds is 6. The van der Waals surface area contributed by atoms with Crippen LogP contribution in [0, 0.1) is 11.8 Å². The molecular weight excluding hydrogens is 262 g/mol. The number of hydrogen-bond donors (Lipinski definition) is 3. The van der Waals surface area contributed by atoms with Crippen molar-refractivity contribution in [3.05, 3.63) is 0 Å². The second-order valence-corrected chi connectivity index (χ2v) is 5.44. The number of carboxylic acids is 1. The van der Waals surface area contributed by atoms with E-state index in [4.69, 9.17) is 10.8 Å². The molecule has 2 unspecified atom stereocenters. The van der Waals surface area contributed by atoms with Gasteiger partial charge in [-0.15, -0.1) is 0 Å². The molecule has 7 nitrogen and oxygen atoms in total. The minimum Gasteiger partial charge on any atom is -0.481 e. The van der Waals surface area contributed by atoms with Gasteiger partial charge in [-0.1, -0.05) is 6.92 Å². The summed E-state index contributed by atoms with van der Waals surface area (Å²) < 4.78 is 0. The van der Waals surface area contributed by atoms with Crippen LogP contribution in [0.15, 0.2) is 0 Å². The molecule has 1 aliphatic heterocycles. The van der Waals surface area contributed by atoms with Crippen LogP contribution in [0.5, 0.6) is 0 Å². The van der Waals surface area contributed by atoms with Crippen molar-refractivity contribution in [2.75, 3.05) is 19.6 Å². The number of amides is 3. The molecule has 20 heavy (non-hydrogen) atoms. The molecule has 0 bridgehead atoms. The minimum absolute atomic E-state index is 0.134. The first-order valence-corrected chi connectivity index (χ1v) is 6.92. The molecule has 0 aromatic carbocycles. The average molecular weight is 285 g/mol. The van der Waals surface area contributed by atoms with Crippen LogP contribution in [0.3, 0.4) is 0 Å². The molecule has 1 heterocycles. The van der Waals surface area contributed by atoms with Crippen molar-refractivity contribution < 1.29 is 19.5 Å². The van der Waals surface area contributed by atoms with E-state index < -0.39 is 12.0 Å². The fraction of sp³-hybridized carbons (Fsp3) is 0.769. The predicted molar refractivity (Wildman–Crippen MR) is 72.9 cm³/mol. The number of likely N-dealkylation sites (tertiary alicyclic amines) is 1. The van der Waals surface area contributed by atoms with Crippen molar-refractivity contribution in [2.45, 2.75) is 32.6 Å². The maximum atomic E-state index is 11.3. The quantitative estimate of drug-likeness (QED) is 0.653. The standard InChI is InChI=1S/C13H23N3O4/c1-9(7-12(18)19)10-3-2-5-16(8-10)6-4-11(17)15-13(14)20/h9-10H,2-8H2,1H3,(H,18,19)(H3,14,15,17,20). The molecule has 0 saturated carbocycles. The number of nitrogens with one attached hydrogen (secondary N) is 1. The summed E-state index contributed by atoms with van der Waals surface area (Å²) in [4.78, 5) is 34.8. The topological polar surface area (TPSA) is 113 Å². The molecule has 0 aromatic rings. The van der Waals surface area contributed by atoms with Crippen molar-refractivity contribution in [3.63, 3.8) is 0 Å². The number of primary amides is 1. The summed E-state index contributed by atoms with van der Waals surface area (Å²) in [6.07, 6.45) is 2.44. The van der Waals surface area contributed by atoms with Crippen LogP contribution in [0.1, 0.15) is 32.6 Å². The van der Waals surface area contributed by atoms with Gasteiger partial charge in [-0.3, -0.25) is 14.9 Å². The highest BCUT2D eigenvalue weighted by Crippen LogP contribution is 2.26. The molecule has 0 aliphatic carbocycles. The number of hydrogen-bond acceptors (Lipinski definition) is 4. The lowest BCUT2D eigenvalue weighted by molar-refractivity contribution is -0.138. The van der Waals surface area contributed by atoms with Crippen molar-refractivity contribution in [3.8, 4) is 0 Å². The summed E-state index contributed by atoms with van der Waals surface area (Å²) in [7, 11) is 0. The Balaban J connectivity index is 2.35. The second kappa shape index (κ2) is 7.84. The molecule has 114 valence electrons. The molecule has 0 aromatic heterocycles. The largest absolute Gasteiger partial charge is 0.481 e. The number of nitrogens with two attached hydrogens (primary N) is 1. The van der Waals surface area contributed by atoms with Gasteiger partial charge in [0, 0.05) is 25.9 Å². The van der Waals surface area contributed by atoms with E-state index >= 15 is 0 Å². The number of carbonyl (C=O) groups is 3. The molecule has 1 rings (SSSR count). The average Bonchev–Trinajstić information content (AvgIpc) is 2.35. The van der Waals surface area contributed by atoms with Gasteiger partial charge in [-0.05, 0) is 31.2 Å². The number of nitrogens with zero attached hydrogens (tertiary/aromatic N) is 1. The summed E-state index contributed by atoms with van der Waals surface area (Å²) in [5.74, 6) is -0.664. The first kappa shape index (κ1) is 16.4. The first-order valence-electron chi connectivity index (χ1n) is 6.92. The third kappa shape index (κ3) is 6.01. The molecule has 0 spiro atoms. The smallest absolute Gasteiger partial charge is 0.318 e. The van der Waals surface area contributed by atoms with Gasteiger partial charge >= 0.3 is 12.0 Å². The van der Waals surface area contributed by atoms with Crippen LogP contribution in [-0.2, 0) is 9.59 Å². The minimum atomic E-state index is -0.832. The number of aliphatic carboxylic acids is 1. The maximum Gasteiger partial charge on any atom is 0.318 e. The van der Waals surface area contributed by atoms with E-state index in [1.54, 1.807) is 0 Å². The number of imide groups is 1. The van der Waals surface area contributed by atoms with Crippen molar-refractivity contribution in [1.82, 2.24) is 10.2 Å². The fourth-order valence-corrected chi connectivity index (χ4v) is 2.66. The van der Waals surface area contributed by atoms with Gasteiger partial charge in [0.05, 0.1) is 0 Å². The predicted octanol–water partition coefficient (Wildman–Crippen LogP) is 0.394. The van der Waals surface area contributed by atoms with E-state index in [9.17, 15) is 14.4 Å². The molecule has 1 fully saturated rings. The Bertz CT molecular complexity index is 373. The first-order chi connectivity index (χ1) is 9.38. The number of piperidine rings is 1. The second-order valence-electron chi connectivity index (χ2n) is 5.44. The third-order valence-electron chi connectivity index (χ3n) is 3.76. The zero-order chi connectivity index (χ0) is 15.1. The van der Waals surface area contributed by atoms with Gasteiger partial charge in [-0.2, -0.15) is 0 Å². The lowest BCUT2D eigenvalue weighted by Crippen LogP contribution is -2.41. The van der Waals surface area contributed by atoms with Gasteiger partial charge < -0.3 is 15.7 Å². The lowest BCUT2D eigenvalue weighted by atomic mass is 9.84. The van der Waals surface area contributed by atoms with Gasteiger partial charge in [0.1, 0.15) is 0 Å². The molecule has 1 aliphatic rings. The zero-order valence-corrected chi connectivity index (χ0v) is 11.8. The van der Waals surface area contributed by atoms with Crippen LogP contribution in [-0.4, -0.2) is 47.5 Å². The molecule has 3 amide bonds. The Morgan fingerprint density at radius 2 is 2.15 bits per heavy atom. The number of carbonyl (C=O) groups excluding carboxylic acids is 2. The lowest BCUT2D eigenvalue weighted by Gasteiger charge is -2.35. The normalized spacial score (nSPS) is 21.1. The van der Waals surface area contributed by atoms with Gasteiger partial charge in [-0.25, -0.2) is 4.79 Å². The van der Waals surface area contributed by atoms with Crippen LogP contribution in [0.4, 0.5) is 4.79 Å². The Morgan fingerprint density at radius 1 is 1.45 bits per heavy atom. The van der Waals surface area contributed by atoms with Gasteiger partial charge in [0.2, 0.25) is 5.91 Å². The Labute approximate surface area is 118 Å². The van der Waals surface area contributed by atoms with Gasteiger partial charge in [0.25, 0.3) is 0 Å². The highest BCUT2D eigenvalue weighted by atomic mass is 16.4. The Hall–Kier alpha value is -1.63. The molecule has 7 heteroatoms. The van der Waals surface area contributed by atoms with Crippen molar-refractivity contribution in [1.29, 1.82) is 0 Å². The molecular formula is C13H23N3O4. The van der Waals surface area contributed by atoms with Crippen LogP contribution in [0.2, 0.25) is 0 Å². The summed E-state index contributed by atoms with van der Waals surface area (Å²) in [5.41, 5.74) is 4.87. The molecule has 1 saturated heterocycles. The Morgan fingerprint density at radius 3 is 2.75 bits per heavy atom. The Kier molecular flexibility index (Phi) is 6.44. The van der Waals surface area contributed by atoms with E-state index in [1.165, 1.54) is 0 Å². The molecule has 4 N–H and O–H groups in total. The van der Waals surface area contributed by atoms with Crippen LogP contribution in [0.25, 0.3) is 0 Å². The summed E-state index contributed by atoms with van der Waals surface area (Å²) >= 11 is 0. The van der Waals surface area contributed by atoms with E-state index in [0.29, 0.717) is 12.5 Å². The zero-order valence-electron chi connectivity index (χ0n) is 11.8. The van der Waals surface area contributed by atoms with E-state index in [2.05, 4.69) is 4.90 Å². The van der Waals surface area contributed by atoms with Gasteiger partial charge in [0.15, 0.2) is 0 Å². The maximum absolute atomic E-state index is 11.3. The monoisotopic (exact) mass is 285 g/mol. The molecule has 2 atom stereocenters. The van der Waals surface area contributed by atoms with E-state index in [-0.39, 0.29) is 24.7 Å². The highest BCUT2D eigenvalue weighted by Gasteiger charge is 2.26. The van der Waals surface area contributed by atoms with Crippen molar-refractivity contribution in [2.24, 2.45) is 17.6 Å². The summed E-state index contributed by atoms with van der Waals surface area (Å²) in [6, 6.07) is -0.832. The number of carboxylic acid groups (broad SMARTS) is 1.